The van der Waals surface area contributed by atoms with Gasteiger partial charge in [0.15, 0.2) is 0 Å². The Morgan fingerprint density at radius 3 is 2.67 bits per heavy atom. The Hall–Kier alpha value is -0.800. The van der Waals surface area contributed by atoms with Crippen molar-refractivity contribution in [3.8, 4) is 0 Å². The summed E-state index contributed by atoms with van der Waals surface area (Å²) in [5.74, 6) is 0.275. The minimum Gasteiger partial charge on any atom is -0.467 e. The summed E-state index contributed by atoms with van der Waals surface area (Å²) in [6, 6.07) is 0. The molecule has 1 atom stereocenters. The van der Waals surface area contributed by atoms with Crippen LogP contribution < -0.4 is 0 Å². The Bertz CT molecular complexity index is 277. The monoisotopic (exact) mass is 212 g/mol. The average Bonchev–Trinajstić information content (AvgIpc) is 2.10. The number of hydrogen-bond donors (Lipinski definition) is 1. The minimum absolute atomic E-state index is 0.0741. The number of aliphatic hydroxyl groups excluding tert-OH is 1. The fraction of sp³-hybridized carbons (Fsp3) is 0.667. The maximum absolute atomic E-state index is 8.99. The number of rotatable bonds is 3. The SMILES string of the molecule is C/C=C\C1=C(C)OC(C)(C)OC1CCO. The Morgan fingerprint density at radius 2 is 2.13 bits per heavy atom. The predicted octanol–water partition coefficient (Wildman–Crippen LogP) is 2.37. The molecule has 1 unspecified atom stereocenters. The standard InChI is InChI=1S/C12H20O3/c1-5-6-10-9(2)14-12(3,4)15-11(10)7-8-13/h5-6,11,13H,7-8H2,1-4H3/b6-5-. The van der Waals surface area contributed by atoms with Gasteiger partial charge >= 0.3 is 0 Å². The summed E-state index contributed by atoms with van der Waals surface area (Å²) in [4.78, 5) is 0. The van der Waals surface area contributed by atoms with Gasteiger partial charge < -0.3 is 14.6 Å². The highest BCUT2D eigenvalue weighted by molar-refractivity contribution is 5.27. The van der Waals surface area contributed by atoms with Crippen LogP contribution in [0.3, 0.4) is 0 Å². The quantitative estimate of drug-likeness (QED) is 0.780. The van der Waals surface area contributed by atoms with Gasteiger partial charge in [-0.2, -0.15) is 0 Å². The van der Waals surface area contributed by atoms with Crippen molar-refractivity contribution >= 4 is 0 Å². The Balaban J connectivity index is 2.95. The van der Waals surface area contributed by atoms with Gasteiger partial charge in [-0.05, 0) is 13.8 Å². The van der Waals surface area contributed by atoms with Crippen molar-refractivity contribution in [1.82, 2.24) is 0 Å². The molecule has 0 aromatic rings. The van der Waals surface area contributed by atoms with Gasteiger partial charge in [0.1, 0.15) is 5.76 Å². The van der Waals surface area contributed by atoms with Gasteiger partial charge in [0.25, 0.3) is 0 Å². The summed E-state index contributed by atoms with van der Waals surface area (Å²) in [6.45, 7) is 7.77. The molecule has 0 saturated heterocycles. The molecule has 0 aromatic carbocycles. The lowest BCUT2D eigenvalue weighted by Gasteiger charge is -2.37. The molecule has 86 valence electrons. The minimum atomic E-state index is -0.602. The summed E-state index contributed by atoms with van der Waals surface area (Å²) >= 11 is 0. The zero-order valence-electron chi connectivity index (χ0n) is 9.91. The van der Waals surface area contributed by atoms with Crippen LogP contribution in [-0.2, 0) is 9.47 Å². The Kier molecular flexibility index (Phi) is 3.94. The van der Waals surface area contributed by atoms with Crippen molar-refractivity contribution in [2.75, 3.05) is 6.61 Å². The molecule has 0 radical (unpaired) electrons. The van der Waals surface area contributed by atoms with E-state index >= 15 is 0 Å². The maximum Gasteiger partial charge on any atom is 0.204 e. The van der Waals surface area contributed by atoms with Gasteiger partial charge in [-0.15, -0.1) is 0 Å². The largest absolute Gasteiger partial charge is 0.467 e. The van der Waals surface area contributed by atoms with E-state index in [-0.39, 0.29) is 12.7 Å². The first-order chi connectivity index (χ1) is 7.00. The Morgan fingerprint density at radius 1 is 1.47 bits per heavy atom. The van der Waals surface area contributed by atoms with Crippen molar-refractivity contribution in [2.45, 2.75) is 46.0 Å². The second-order valence-electron chi connectivity index (χ2n) is 4.13. The second kappa shape index (κ2) is 4.81. The molecule has 15 heavy (non-hydrogen) atoms. The van der Waals surface area contributed by atoms with Crippen LogP contribution in [0.2, 0.25) is 0 Å². The highest BCUT2D eigenvalue weighted by Gasteiger charge is 2.33. The van der Waals surface area contributed by atoms with Crippen molar-refractivity contribution in [2.24, 2.45) is 0 Å². The van der Waals surface area contributed by atoms with Gasteiger partial charge in [0, 0.05) is 32.4 Å². The van der Waals surface area contributed by atoms with Crippen LogP contribution in [0.5, 0.6) is 0 Å². The van der Waals surface area contributed by atoms with E-state index in [9.17, 15) is 0 Å². The van der Waals surface area contributed by atoms with Crippen LogP contribution in [0.1, 0.15) is 34.1 Å². The number of hydrogen-bond acceptors (Lipinski definition) is 3. The third-order valence-electron chi connectivity index (χ3n) is 2.32. The molecule has 0 bridgehead atoms. The summed E-state index contributed by atoms with van der Waals surface area (Å²) in [7, 11) is 0. The molecule has 0 saturated carbocycles. The molecule has 1 N–H and O–H groups in total. The van der Waals surface area contributed by atoms with E-state index in [1.807, 2.05) is 39.8 Å². The fourth-order valence-corrected chi connectivity index (χ4v) is 1.82. The maximum atomic E-state index is 8.99. The van der Waals surface area contributed by atoms with Crippen LogP contribution in [0.25, 0.3) is 0 Å². The summed E-state index contributed by atoms with van der Waals surface area (Å²) in [5.41, 5.74) is 1.02. The molecule has 0 aliphatic carbocycles. The van der Waals surface area contributed by atoms with E-state index in [1.165, 1.54) is 0 Å². The predicted molar refractivity (Wildman–Crippen MR) is 59.3 cm³/mol. The number of ether oxygens (including phenoxy) is 2. The topological polar surface area (TPSA) is 38.7 Å². The smallest absolute Gasteiger partial charge is 0.204 e. The van der Waals surface area contributed by atoms with Crippen LogP contribution >= 0.6 is 0 Å². The third-order valence-corrected chi connectivity index (χ3v) is 2.32. The van der Waals surface area contributed by atoms with E-state index in [4.69, 9.17) is 14.6 Å². The third kappa shape index (κ3) is 3.08. The fourth-order valence-electron chi connectivity index (χ4n) is 1.82. The van der Waals surface area contributed by atoms with Gasteiger partial charge in [-0.1, -0.05) is 12.2 Å². The van der Waals surface area contributed by atoms with E-state index in [0.29, 0.717) is 6.42 Å². The van der Waals surface area contributed by atoms with Gasteiger partial charge in [0.05, 0.1) is 6.10 Å². The van der Waals surface area contributed by atoms with Gasteiger partial charge in [0.2, 0.25) is 5.79 Å². The zero-order chi connectivity index (χ0) is 11.5. The molecule has 1 heterocycles. The van der Waals surface area contributed by atoms with Crippen LogP contribution in [0.4, 0.5) is 0 Å². The van der Waals surface area contributed by atoms with E-state index in [0.717, 1.165) is 11.3 Å². The molecule has 0 aromatic heterocycles. The Labute approximate surface area is 91.4 Å². The average molecular weight is 212 g/mol. The van der Waals surface area contributed by atoms with Crippen LogP contribution in [0, 0.1) is 0 Å². The van der Waals surface area contributed by atoms with Crippen molar-refractivity contribution < 1.29 is 14.6 Å². The summed E-state index contributed by atoms with van der Waals surface area (Å²) in [5, 5.41) is 8.99. The lowest BCUT2D eigenvalue weighted by Crippen LogP contribution is -2.39. The first-order valence-corrected chi connectivity index (χ1v) is 5.31. The van der Waals surface area contributed by atoms with Gasteiger partial charge in [-0.3, -0.25) is 0 Å². The molecule has 1 aliphatic rings. The molecular weight excluding hydrogens is 192 g/mol. The van der Waals surface area contributed by atoms with Crippen LogP contribution in [0.15, 0.2) is 23.5 Å². The lowest BCUT2D eigenvalue weighted by atomic mass is 10.0. The summed E-state index contributed by atoms with van der Waals surface area (Å²) < 4.78 is 11.4. The highest BCUT2D eigenvalue weighted by atomic mass is 16.7. The molecular formula is C12H20O3. The first-order valence-electron chi connectivity index (χ1n) is 5.31. The number of aliphatic hydroxyl groups is 1. The molecule has 3 nitrogen and oxygen atoms in total. The number of allylic oxidation sites excluding steroid dienone is 2. The normalized spacial score (nSPS) is 25.8. The second-order valence-corrected chi connectivity index (χ2v) is 4.13. The lowest BCUT2D eigenvalue weighted by molar-refractivity contribution is -0.227. The molecule has 0 fully saturated rings. The zero-order valence-corrected chi connectivity index (χ0v) is 9.91. The molecule has 3 heteroatoms. The van der Waals surface area contributed by atoms with Gasteiger partial charge in [-0.25, -0.2) is 0 Å². The first kappa shape index (κ1) is 12.3. The van der Waals surface area contributed by atoms with Crippen molar-refractivity contribution in [1.29, 1.82) is 0 Å². The molecule has 0 spiro atoms. The van der Waals surface area contributed by atoms with Crippen molar-refractivity contribution in [3.63, 3.8) is 0 Å². The summed E-state index contributed by atoms with van der Waals surface area (Å²) in [6.07, 6.45) is 4.46. The van der Waals surface area contributed by atoms with E-state index in [1.54, 1.807) is 0 Å². The highest BCUT2D eigenvalue weighted by Crippen LogP contribution is 2.31. The van der Waals surface area contributed by atoms with Crippen LogP contribution in [-0.4, -0.2) is 23.6 Å². The van der Waals surface area contributed by atoms with E-state index in [2.05, 4.69) is 0 Å². The molecule has 1 aliphatic heterocycles. The molecule has 1 rings (SSSR count). The van der Waals surface area contributed by atoms with Crippen molar-refractivity contribution in [3.05, 3.63) is 23.5 Å². The molecule has 0 amide bonds. The van der Waals surface area contributed by atoms with E-state index < -0.39 is 5.79 Å².